The first-order chi connectivity index (χ1) is 20.0. The van der Waals surface area contributed by atoms with Gasteiger partial charge in [-0.3, -0.25) is 19.0 Å². The summed E-state index contributed by atoms with van der Waals surface area (Å²) in [5.41, 5.74) is 2.94. The molecule has 5 aliphatic rings. The van der Waals surface area contributed by atoms with Gasteiger partial charge in [-0.25, -0.2) is 4.98 Å². The van der Waals surface area contributed by atoms with Crippen LogP contribution >= 0.6 is 23.4 Å². The number of hydrogen-bond donors (Lipinski definition) is 1. The monoisotopic (exact) mass is 618 g/mol. The van der Waals surface area contributed by atoms with Crippen LogP contribution in [0.4, 0.5) is 0 Å². The quantitative estimate of drug-likeness (QED) is 0.442. The molecule has 8 atom stereocenters. The summed E-state index contributed by atoms with van der Waals surface area (Å²) in [4.78, 5) is 47.8. The van der Waals surface area contributed by atoms with E-state index in [4.69, 9.17) is 21.3 Å². The molecule has 230 valence electrons. The Morgan fingerprint density at radius 2 is 1.98 bits per heavy atom. The van der Waals surface area contributed by atoms with Gasteiger partial charge in [-0.2, -0.15) is 0 Å². The maximum absolute atomic E-state index is 13.7. The molecule has 42 heavy (non-hydrogen) atoms. The smallest absolute Gasteiger partial charge is 0.308 e. The van der Waals surface area contributed by atoms with E-state index in [0.29, 0.717) is 31.7 Å². The number of aromatic nitrogens is 2. The van der Waals surface area contributed by atoms with Crippen LogP contribution in [-0.4, -0.2) is 91.1 Å². The zero-order valence-corrected chi connectivity index (χ0v) is 26.6. The van der Waals surface area contributed by atoms with E-state index in [1.807, 2.05) is 20.0 Å². The maximum Gasteiger partial charge on any atom is 0.308 e. The number of thioether (sulfide) groups is 1. The maximum atomic E-state index is 13.7. The molecule has 1 aromatic heterocycles. The van der Waals surface area contributed by atoms with Crippen molar-refractivity contribution in [1.29, 1.82) is 0 Å². The summed E-state index contributed by atoms with van der Waals surface area (Å²) in [6.45, 7) is 4.61. The number of aliphatic carboxylic acids is 1. The van der Waals surface area contributed by atoms with Crippen molar-refractivity contribution in [2.45, 2.75) is 106 Å². The highest BCUT2D eigenvalue weighted by Crippen LogP contribution is 2.52. The van der Waals surface area contributed by atoms with E-state index in [9.17, 15) is 19.5 Å². The van der Waals surface area contributed by atoms with E-state index in [1.54, 1.807) is 28.3 Å². The first-order valence-corrected chi connectivity index (χ1v) is 16.9. The van der Waals surface area contributed by atoms with Crippen LogP contribution in [0.1, 0.15) is 62.5 Å². The largest absolute Gasteiger partial charge is 0.481 e. The number of halogens is 1. The van der Waals surface area contributed by atoms with Crippen molar-refractivity contribution in [1.82, 2.24) is 19.4 Å². The highest BCUT2D eigenvalue weighted by molar-refractivity contribution is 8.01. The Morgan fingerprint density at radius 1 is 1.21 bits per heavy atom. The Labute approximate surface area is 257 Å². The molecule has 0 bridgehead atoms. The van der Waals surface area contributed by atoms with Crippen LogP contribution < -0.4 is 5.56 Å². The summed E-state index contributed by atoms with van der Waals surface area (Å²) < 4.78 is 8.31. The molecule has 0 spiro atoms. The standard InChI is InChI=1S/C31H43ClN4O5S/c1-16-26(31(39)40)27-28(42-16)23(15-34(3)30(27)38)21-13-18(32)5-10-25(21)41-12-11-36-17(2)33-24-9-8-20(14-22(24)29(36)37)35(4)19-6-7-19/h15-16,18-21,25-28H,5-14H2,1-4H3,(H,39,40)/t16?,18?,20-,21?,25?,26?,27?,28?/m1/s1. The second-order valence-corrected chi connectivity index (χ2v) is 15.1. The van der Waals surface area contributed by atoms with E-state index >= 15 is 0 Å². The molecule has 3 aliphatic carbocycles. The molecule has 1 saturated heterocycles. The van der Waals surface area contributed by atoms with Crippen molar-refractivity contribution in [2.75, 3.05) is 20.7 Å². The highest BCUT2D eigenvalue weighted by atomic mass is 35.5. The Hall–Kier alpha value is -1.88. The van der Waals surface area contributed by atoms with E-state index in [-0.39, 0.29) is 39.4 Å². The van der Waals surface area contributed by atoms with E-state index in [0.717, 1.165) is 54.8 Å². The van der Waals surface area contributed by atoms with Crippen LogP contribution in [0.3, 0.4) is 0 Å². The Morgan fingerprint density at radius 3 is 2.69 bits per heavy atom. The molecule has 7 unspecified atom stereocenters. The Bertz CT molecular complexity index is 1330. The van der Waals surface area contributed by atoms with Crippen molar-refractivity contribution in [3.05, 3.63) is 39.2 Å². The molecule has 3 heterocycles. The fourth-order valence-corrected chi connectivity index (χ4v) is 9.93. The molecule has 3 fully saturated rings. The van der Waals surface area contributed by atoms with Crippen molar-refractivity contribution in [2.24, 2.45) is 17.8 Å². The molecule has 9 nitrogen and oxygen atoms in total. The van der Waals surface area contributed by atoms with Gasteiger partial charge in [0.05, 0.1) is 36.8 Å². The van der Waals surface area contributed by atoms with Crippen LogP contribution in [0.25, 0.3) is 0 Å². The second-order valence-electron chi connectivity index (χ2n) is 13.0. The van der Waals surface area contributed by atoms with Crippen LogP contribution in [-0.2, 0) is 33.7 Å². The SMILES string of the molecule is Cc1nc2c(c(=O)n1CCOC1CCC(Cl)CC1C1=CN(C)C(=O)C3C1SC(C)C3C(=O)O)C[C@H](N(C)C1CC1)CC2. The van der Waals surface area contributed by atoms with Gasteiger partial charge in [0, 0.05) is 52.7 Å². The number of carbonyl (C=O) groups excluding carboxylic acids is 1. The third-order valence-corrected chi connectivity index (χ3v) is 12.3. The molecular formula is C31H43ClN4O5S. The Balaban J connectivity index is 1.18. The second kappa shape index (κ2) is 11.9. The summed E-state index contributed by atoms with van der Waals surface area (Å²) in [5, 5.41) is 9.58. The number of rotatable bonds is 8. The summed E-state index contributed by atoms with van der Waals surface area (Å²) in [7, 11) is 3.91. The van der Waals surface area contributed by atoms with Crippen molar-refractivity contribution >= 4 is 35.2 Å². The fraction of sp³-hybridized carbons (Fsp3) is 0.742. The minimum Gasteiger partial charge on any atom is -0.481 e. The van der Waals surface area contributed by atoms with Crippen molar-refractivity contribution < 1.29 is 19.4 Å². The minimum atomic E-state index is -0.915. The predicted octanol–water partition coefficient (Wildman–Crippen LogP) is 3.47. The summed E-state index contributed by atoms with van der Waals surface area (Å²) in [6, 6.07) is 1.06. The number of hydrogen-bond acceptors (Lipinski definition) is 7. The number of likely N-dealkylation sites (N-methyl/N-ethyl adjacent to an activating group) is 1. The molecule has 2 saturated carbocycles. The number of carboxylic acids is 1. The number of ether oxygens (including phenoxy) is 1. The van der Waals surface area contributed by atoms with Gasteiger partial charge in [0.25, 0.3) is 5.56 Å². The highest BCUT2D eigenvalue weighted by Gasteiger charge is 2.55. The summed E-state index contributed by atoms with van der Waals surface area (Å²) >= 11 is 8.28. The molecule has 1 amide bonds. The Kier molecular flexibility index (Phi) is 8.54. The van der Waals surface area contributed by atoms with Crippen LogP contribution in [0.2, 0.25) is 0 Å². The molecular weight excluding hydrogens is 576 g/mol. The van der Waals surface area contributed by atoms with Gasteiger partial charge in [-0.1, -0.05) is 6.92 Å². The summed E-state index contributed by atoms with van der Waals surface area (Å²) in [5.74, 6) is -1.65. The molecule has 6 rings (SSSR count). The number of aryl methyl sites for hydroxylation is 2. The fourth-order valence-electron chi connectivity index (χ4n) is 7.84. The lowest BCUT2D eigenvalue weighted by Crippen LogP contribution is -2.47. The van der Waals surface area contributed by atoms with Gasteiger partial charge in [0.15, 0.2) is 0 Å². The first kappa shape index (κ1) is 30.2. The number of amides is 1. The van der Waals surface area contributed by atoms with Crippen LogP contribution in [0.5, 0.6) is 0 Å². The van der Waals surface area contributed by atoms with Gasteiger partial charge in [0.1, 0.15) is 5.82 Å². The zero-order valence-electron chi connectivity index (χ0n) is 25.0. The molecule has 0 aromatic carbocycles. The number of carboxylic acid groups (broad SMARTS) is 1. The summed E-state index contributed by atoms with van der Waals surface area (Å²) in [6.07, 6.45) is 9.26. The molecule has 1 N–H and O–H groups in total. The number of carbonyl (C=O) groups is 2. The van der Waals surface area contributed by atoms with Crippen LogP contribution in [0, 0.1) is 24.7 Å². The van der Waals surface area contributed by atoms with E-state index in [1.165, 1.54) is 12.8 Å². The molecule has 11 heteroatoms. The first-order valence-electron chi connectivity index (χ1n) is 15.5. The average Bonchev–Trinajstić information content (AvgIpc) is 3.74. The molecule has 2 aliphatic heterocycles. The minimum absolute atomic E-state index is 0.00680. The third-order valence-electron chi connectivity index (χ3n) is 10.4. The van der Waals surface area contributed by atoms with Gasteiger partial charge >= 0.3 is 5.97 Å². The van der Waals surface area contributed by atoms with E-state index in [2.05, 4.69) is 11.9 Å². The topological polar surface area (TPSA) is 105 Å². The van der Waals surface area contributed by atoms with Crippen molar-refractivity contribution in [3.8, 4) is 0 Å². The average molecular weight is 619 g/mol. The lowest BCUT2D eigenvalue weighted by molar-refractivity contribution is -0.148. The normalized spacial score (nSPS) is 34.8. The third kappa shape index (κ3) is 5.57. The molecule has 0 radical (unpaired) electrons. The lowest BCUT2D eigenvalue weighted by Gasteiger charge is -2.41. The molecule has 1 aromatic rings. The van der Waals surface area contributed by atoms with Crippen LogP contribution in [0.15, 0.2) is 16.6 Å². The number of alkyl halides is 1. The van der Waals surface area contributed by atoms with Gasteiger partial charge in [0.2, 0.25) is 5.91 Å². The van der Waals surface area contributed by atoms with Gasteiger partial charge < -0.3 is 19.6 Å². The lowest BCUT2D eigenvalue weighted by atomic mass is 9.74. The van der Waals surface area contributed by atoms with E-state index < -0.39 is 17.8 Å². The predicted molar refractivity (Wildman–Crippen MR) is 163 cm³/mol. The van der Waals surface area contributed by atoms with Gasteiger partial charge in [-0.15, -0.1) is 23.4 Å². The number of nitrogens with zero attached hydrogens (tertiary/aromatic N) is 4. The van der Waals surface area contributed by atoms with Gasteiger partial charge in [-0.05, 0) is 70.9 Å². The number of fused-ring (bicyclic) bond motifs is 2. The van der Waals surface area contributed by atoms with Crippen molar-refractivity contribution in [3.63, 3.8) is 0 Å². The zero-order chi connectivity index (χ0) is 29.9.